The zero-order valence-corrected chi connectivity index (χ0v) is 9.82. The molecule has 4 heteroatoms. The maximum absolute atomic E-state index is 4.25. The van der Waals surface area contributed by atoms with Crippen LogP contribution in [-0.2, 0) is 0 Å². The first-order valence-electron chi connectivity index (χ1n) is 3.84. The highest BCUT2D eigenvalue weighted by Crippen LogP contribution is 2.28. The molecule has 1 atom stereocenters. The zero-order chi connectivity index (χ0) is 8.10. The minimum atomic E-state index is 0.280. The number of thiol groups is 2. The Morgan fingerprint density at radius 3 is 2.73 bits per heavy atom. The van der Waals surface area contributed by atoms with Gasteiger partial charge in [0.2, 0.25) is 0 Å². The van der Waals surface area contributed by atoms with Crippen LogP contribution >= 0.6 is 48.8 Å². The Balaban J connectivity index is 2.05. The normalized spacial score (nSPS) is 25.9. The van der Waals surface area contributed by atoms with E-state index >= 15 is 0 Å². The van der Waals surface area contributed by atoms with Gasteiger partial charge in [-0.1, -0.05) is 0 Å². The minimum Gasteiger partial charge on any atom is -0.165 e. The van der Waals surface area contributed by atoms with Crippen LogP contribution in [0.4, 0.5) is 0 Å². The molecule has 0 aromatic rings. The van der Waals surface area contributed by atoms with E-state index < -0.39 is 0 Å². The monoisotopic (exact) mass is 226 g/mol. The molecule has 0 aliphatic carbocycles. The molecule has 0 nitrogen and oxygen atoms in total. The van der Waals surface area contributed by atoms with Gasteiger partial charge in [0.25, 0.3) is 0 Å². The highest BCUT2D eigenvalue weighted by Gasteiger charge is 2.14. The molecule has 0 aromatic heterocycles. The number of rotatable bonds is 3. The van der Waals surface area contributed by atoms with Crippen LogP contribution in [-0.4, -0.2) is 27.1 Å². The molecule has 0 N–H and O–H groups in total. The fraction of sp³-hybridized carbons (Fsp3) is 1.00. The van der Waals surface area contributed by atoms with E-state index in [1.54, 1.807) is 0 Å². The van der Waals surface area contributed by atoms with E-state index in [-0.39, 0.29) is 4.58 Å². The van der Waals surface area contributed by atoms with Gasteiger partial charge in [-0.05, 0) is 12.8 Å². The summed E-state index contributed by atoms with van der Waals surface area (Å²) in [6.07, 6.45) is 2.43. The maximum Gasteiger partial charge on any atom is 0.0442 e. The fourth-order valence-corrected chi connectivity index (χ4v) is 4.10. The van der Waals surface area contributed by atoms with Crippen molar-refractivity contribution in [2.45, 2.75) is 22.7 Å². The van der Waals surface area contributed by atoms with E-state index in [1.165, 1.54) is 23.7 Å². The first kappa shape index (κ1) is 10.5. The van der Waals surface area contributed by atoms with Gasteiger partial charge >= 0.3 is 0 Å². The summed E-state index contributed by atoms with van der Waals surface area (Å²) in [6, 6.07) is 0. The maximum atomic E-state index is 4.25. The third kappa shape index (κ3) is 4.86. The largest absolute Gasteiger partial charge is 0.165 e. The van der Waals surface area contributed by atoms with E-state index in [0.717, 1.165) is 11.7 Å². The molecule has 11 heavy (non-hydrogen) atoms. The van der Waals surface area contributed by atoms with Crippen molar-refractivity contribution in [1.82, 2.24) is 0 Å². The van der Waals surface area contributed by atoms with Gasteiger partial charge < -0.3 is 0 Å². The molecule has 0 spiro atoms. The van der Waals surface area contributed by atoms with Crippen LogP contribution in [0, 0.1) is 0 Å². The van der Waals surface area contributed by atoms with Crippen LogP contribution in [0.1, 0.15) is 12.8 Å². The molecule has 0 bridgehead atoms. The third-order valence-corrected chi connectivity index (χ3v) is 5.06. The number of thioether (sulfide) groups is 2. The van der Waals surface area contributed by atoms with Crippen molar-refractivity contribution < 1.29 is 0 Å². The minimum absolute atomic E-state index is 0.280. The van der Waals surface area contributed by atoms with Crippen LogP contribution in [0.5, 0.6) is 0 Å². The Morgan fingerprint density at radius 1 is 1.36 bits per heavy atom. The summed E-state index contributed by atoms with van der Waals surface area (Å²) in [5, 5.41) is 0.871. The first-order valence-corrected chi connectivity index (χ1v) is 7.08. The molecule has 1 unspecified atom stereocenters. The predicted octanol–water partition coefficient (Wildman–Crippen LogP) is 2.80. The molecule has 0 aromatic carbocycles. The van der Waals surface area contributed by atoms with Crippen molar-refractivity contribution in [3.63, 3.8) is 0 Å². The molecular weight excluding hydrogens is 212 g/mol. The van der Waals surface area contributed by atoms with Crippen molar-refractivity contribution >= 4 is 48.8 Å². The smallest absolute Gasteiger partial charge is 0.0442 e. The highest BCUT2D eigenvalue weighted by atomic mass is 32.2. The lowest BCUT2D eigenvalue weighted by molar-refractivity contribution is 0.785. The van der Waals surface area contributed by atoms with Crippen molar-refractivity contribution in [1.29, 1.82) is 0 Å². The summed E-state index contributed by atoms with van der Waals surface area (Å²) in [5.74, 6) is 4.00. The lowest BCUT2D eigenvalue weighted by atomic mass is 10.3. The summed E-state index contributed by atoms with van der Waals surface area (Å²) in [4.78, 5) is 0. The molecule has 1 saturated heterocycles. The molecule has 1 rings (SSSR count). The molecule has 1 fully saturated rings. The van der Waals surface area contributed by atoms with E-state index in [9.17, 15) is 0 Å². The zero-order valence-electron chi connectivity index (χ0n) is 6.40. The number of hydrogen-bond donors (Lipinski definition) is 2. The van der Waals surface area contributed by atoms with Gasteiger partial charge in [-0.25, -0.2) is 0 Å². The van der Waals surface area contributed by atoms with Crippen LogP contribution in [0.15, 0.2) is 0 Å². The molecular formula is C7H14S4. The van der Waals surface area contributed by atoms with Crippen LogP contribution in [0.25, 0.3) is 0 Å². The van der Waals surface area contributed by atoms with E-state index in [4.69, 9.17) is 0 Å². The van der Waals surface area contributed by atoms with Crippen LogP contribution in [0.2, 0.25) is 0 Å². The first-order chi connectivity index (χ1) is 5.29. The Kier molecular flexibility index (Phi) is 5.67. The Labute approximate surface area is 88.5 Å². The highest BCUT2D eigenvalue weighted by molar-refractivity contribution is 8.06. The van der Waals surface area contributed by atoms with Crippen molar-refractivity contribution in [3.05, 3.63) is 0 Å². The lowest BCUT2D eigenvalue weighted by Gasteiger charge is -2.20. The Morgan fingerprint density at radius 2 is 2.18 bits per heavy atom. The molecule has 0 radical (unpaired) electrons. The van der Waals surface area contributed by atoms with Gasteiger partial charge in [-0.2, -0.15) is 48.8 Å². The van der Waals surface area contributed by atoms with Gasteiger partial charge in [0.05, 0.1) is 0 Å². The summed E-state index contributed by atoms with van der Waals surface area (Å²) < 4.78 is 0.280. The summed E-state index contributed by atoms with van der Waals surface area (Å²) in [6.45, 7) is 0. The van der Waals surface area contributed by atoms with Crippen LogP contribution < -0.4 is 0 Å². The molecule has 1 aliphatic heterocycles. The number of hydrogen-bond acceptors (Lipinski definition) is 4. The summed E-state index contributed by atoms with van der Waals surface area (Å²) in [5.41, 5.74) is 0. The van der Waals surface area contributed by atoms with E-state index in [0.29, 0.717) is 0 Å². The summed E-state index contributed by atoms with van der Waals surface area (Å²) in [7, 11) is 0. The Bertz CT molecular complexity index is 98.6. The predicted molar refractivity (Wildman–Crippen MR) is 64.6 cm³/mol. The quantitative estimate of drug-likeness (QED) is 0.561. The second-order valence-corrected chi connectivity index (χ2v) is 6.84. The molecule has 1 aliphatic rings. The Hall–Kier alpha value is 1.40. The second kappa shape index (κ2) is 5.95. The van der Waals surface area contributed by atoms with Crippen LogP contribution in [0.3, 0.4) is 0 Å². The fourth-order valence-electron chi connectivity index (χ4n) is 1.04. The third-order valence-electron chi connectivity index (χ3n) is 1.63. The molecule has 0 amide bonds. The molecule has 0 saturated carbocycles. The lowest BCUT2D eigenvalue weighted by Crippen LogP contribution is -2.14. The van der Waals surface area contributed by atoms with Crippen molar-refractivity contribution in [3.8, 4) is 0 Å². The standard InChI is InChI=1S/C7H14S4/c8-7(9)2-1-6-5-10-3-4-11-6/h6-9H,1-5H2. The average Bonchev–Trinajstić information content (AvgIpc) is 2.03. The SMILES string of the molecule is SC(S)CCC1CSCCS1. The summed E-state index contributed by atoms with van der Waals surface area (Å²) >= 11 is 12.7. The van der Waals surface area contributed by atoms with E-state index in [1.807, 2.05) is 0 Å². The van der Waals surface area contributed by atoms with E-state index in [2.05, 4.69) is 48.8 Å². The van der Waals surface area contributed by atoms with Gasteiger partial charge in [-0.15, -0.1) is 0 Å². The molecule has 1 heterocycles. The topological polar surface area (TPSA) is 0 Å². The van der Waals surface area contributed by atoms with Gasteiger partial charge in [0.15, 0.2) is 0 Å². The van der Waals surface area contributed by atoms with Crippen molar-refractivity contribution in [2.75, 3.05) is 17.3 Å². The average molecular weight is 226 g/mol. The van der Waals surface area contributed by atoms with Gasteiger partial charge in [-0.3, -0.25) is 0 Å². The van der Waals surface area contributed by atoms with Gasteiger partial charge in [0, 0.05) is 27.1 Å². The van der Waals surface area contributed by atoms with Crippen molar-refractivity contribution in [2.24, 2.45) is 0 Å². The second-order valence-electron chi connectivity index (χ2n) is 2.63. The van der Waals surface area contributed by atoms with Gasteiger partial charge in [0.1, 0.15) is 0 Å². The molecule has 66 valence electrons.